The van der Waals surface area contributed by atoms with Crippen LogP contribution in [0.25, 0.3) is 22.4 Å². The van der Waals surface area contributed by atoms with Crippen molar-refractivity contribution in [1.29, 1.82) is 0 Å². The molecule has 0 aliphatic carbocycles. The molecule has 1 unspecified atom stereocenters. The Bertz CT molecular complexity index is 1320. The molecule has 8 heteroatoms. The van der Waals surface area contributed by atoms with Crippen LogP contribution in [0.5, 0.6) is 0 Å². The van der Waals surface area contributed by atoms with Crippen LogP contribution in [0.1, 0.15) is 41.6 Å². The lowest BCUT2D eigenvalue weighted by molar-refractivity contribution is 0.122. The summed E-state index contributed by atoms with van der Waals surface area (Å²) in [4.78, 5) is 14.6. The van der Waals surface area contributed by atoms with E-state index in [1.54, 1.807) is 0 Å². The smallest absolute Gasteiger partial charge is 0.195 e. The number of nitrogens with one attached hydrogen (secondary N) is 1. The number of hydrogen-bond donors (Lipinski definition) is 1. The second kappa shape index (κ2) is 9.43. The molecule has 2 saturated heterocycles. The number of aromatic nitrogens is 4. The number of aromatic amines is 1. The lowest BCUT2D eigenvalue weighted by Crippen LogP contribution is -2.37. The average molecular weight is 473 g/mol. The Hall–Kier alpha value is -3.23. The van der Waals surface area contributed by atoms with E-state index in [4.69, 9.17) is 19.1 Å². The van der Waals surface area contributed by atoms with Crippen LogP contribution in [-0.2, 0) is 11.2 Å². The van der Waals surface area contributed by atoms with Crippen LogP contribution in [0.15, 0.2) is 40.8 Å². The molecule has 2 aliphatic heterocycles. The molecule has 2 aliphatic rings. The van der Waals surface area contributed by atoms with Gasteiger partial charge in [-0.3, -0.25) is 5.10 Å². The molecule has 0 radical (unpaired) electrons. The zero-order chi connectivity index (χ0) is 23.8. The average Bonchev–Trinajstić information content (AvgIpc) is 3.52. The van der Waals surface area contributed by atoms with Crippen molar-refractivity contribution in [2.75, 3.05) is 51.3 Å². The third kappa shape index (κ3) is 4.68. The van der Waals surface area contributed by atoms with Crippen molar-refractivity contribution in [3.8, 4) is 11.3 Å². The van der Waals surface area contributed by atoms with Gasteiger partial charge in [0.2, 0.25) is 0 Å². The van der Waals surface area contributed by atoms with E-state index in [-0.39, 0.29) is 0 Å². The van der Waals surface area contributed by atoms with Gasteiger partial charge in [0, 0.05) is 49.3 Å². The second-order valence-corrected chi connectivity index (χ2v) is 9.85. The monoisotopic (exact) mass is 472 g/mol. The number of rotatable bonds is 5. The maximum absolute atomic E-state index is 6.46. The summed E-state index contributed by atoms with van der Waals surface area (Å²) in [7, 11) is 2.18. The number of fused-ring (bicyclic) bond motifs is 1. The van der Waals surface area contributed by atoms with Gasteiger partial charge in [0.25, 0.3) is 0 Å². The summed E-state index contributed by atoms with van der Waals surface area (Å²) in [6.45, 7) is 7.25. The normalized spacial score (nSPS) is 19.5. The van der Waals surface area contributed by atoms with Gasteiger partial charge in [-0.2, -0.15) is 5.10 Å². The summed E-state index contributed by atoms with van der Waals surface area (Å²) < 4.78 is 12.1. The molecular weight excluding hydrogens is 440 g/mol. The first-order valence-corrected chi connectivity index (χ1v) is 12.6. The van der Waals surface area contributed by atoms with E-state index in [0.717, 1.165) is 78.1 Å². The first-order valence-electron chi connectivity index (χ1n) is 12.6. The minimum absolute atomic E-state index is 0.397. The maximum Gasteiger partial charge on any atom is 0.195 e. The lowest BCUT2D eigenvalue weighted by Gasteiger charge is -2.28. The van der Waals surface area contributed by atoms with Crippen LogP contribution in [0.3, 0.4) is 0 Å². The minimum Gasteiger partial charge on any atom is -0.455 e. The second-order valence-electron chi connectivity index (χ2n) is 9.85. The van der Waals surface area contributed by atoms with E-state index in [0.29, 0.717) is 25.6 Å². The predicted octanol–water partition coefficient (Wildman–Crippen LogP) is 4.16. The number of aryl methyl sites for hydroxylation is 1. The van der Waals surface area contributed by atoms with E-state index in [9.17, 15) is 0 Å². The summed E-state index contributed by atoms with van der Waals surface area (Å²) in [6, 6.07) is 12.6. The van der Waals surface area contributed by atoms with Crippen LogP contribution in [-0.4, -0.2) is 71.5 Å². The molecule has 182 valence electrons. The Balaban J connectivity index is 1.34. The number of nitrogens with zero attached hydrogens (tertiary/aromatic N) is 5. The van der Waals surface area contributed by atoms with Crippen LogP contribution in [0.4, 0.5) is 5.82 Å². The molecule has 8 nitrogen and oxygen atoms in total. The zero-order valence-corrected chi connectivity index (χ0v) is 20.5. The van der Waals surface area contributed by atoms with Crippen molar-refractivity contribution in [3.05, 3.63) is 59.2 Å². The molecule has 2 fully saturated rings. The highest BCUT2D eigenvalue weighted by molar-refractivity contribution is 5.85. The lowest BCUT2D eigenvalue weighted by atomic mass is 9.96. The molecule has 0 amide bonds. The molecule has 1 N–H and O–H groups in total. The number of likely N-dealkylation sites (tertiary alicyclic amines) is 1. The summed E-state index contributed by atoms with van der Waals surface area (Å²) in [6.07, 6.45) is 2.92. The summed E-state index contributed by atoms with van der Waals surface area (Å²) >= 11 is 0. The predicted molar refractivity (Wildman–Crippen MR) is 136 cm³/mol. The van der Waals surface area contributed by atoms with Crippen LogP contribution < -0.4 is 4.90 Å². The number of furan rings is 1. The molecule has 1 atom stereocenters. The largest absolute Gasteiger partial charge is 0.455 e. The Morgan fingerprint density at radius 3 is 2.80 bits per heavy atom. The van der Waals surface area contributed by atoms with Gasteiger partial charge in [0.05, 0.1) is 18.9 Å². The molecular formula is C27H32N6O2. The SMILES string of the molecule is Cc1cccc(-c2cc(Cc3nc(N4CCOCC4)c4oc(C5CCCN(C)C5)cc4n3)[nH]n2)c1. The molecule has 0 bridgehead atoms. The van der Waals surface area contributed by atoms with Crippen LogP contribution >= 0.6 is 0 Å². The number of ether oxygens (including phenoxy) is 1. The number of morpholine rings is 1. The zero-order valence-electron chi connectivity index (χ0n) is 20.5. The summed E-state index contributed by atoms with van der Waals surface area (Å²) in [5.41, 5.74) is 5.93. The van der Waals surface area contributed by atoms with Gasteiger partial charge in [-0.25, -0.2) is 9.97 Å². The first-order chi connectivity index (χ1) is 17.1. The fraction of sp³-hybridized carbons (Fsp3) is 0.444. The highest BCUT2D eigenvalue weighted by Gasteiger charge is 2.26. The highest BCUT2D eigenvalue weighted by atomic mass is 16.5. The molecule has 6 rings (SSSR count). The quantitative estimate of drug-likeness (QED) is 0.467. The van der Waals surface area contributed by atoms with Gasteiger partial charge in [0.1, 0.15) is 17.1 Å². The van der Waals surface area contributed by atoms with Gasteiger partial charge in [-0.05, 0) is 45.5 Å². The Morgan fingerprint density at radius 2 is 1.97 bits per heavy atom. The molecule has 35 heavy (non-hydrogen) atoms. The van der Waals surface area contributed by atoms with Gasteiger partial charge in [0.15, 0.2) is 11.4 Å². The molecule has 3 aromatic heterocycles. The van der Waals surface area contributed by atoms with Crippen molar-refractivity contribution >= 4 is 16.9 Å². The number of anilines is 1. The molecule has 0 saturated carbocycles. The fourth-order valence-corrected chi connectivity index (χ4v) is 5.22. The van der Waals surface area contributed by atoms with E-state index in [1.807, 2.05) is 0 Å². The topological polar surface area (TPSA) is 83.3 Å². The highest BCUT2D eigenvalue weighted by Crippen LogP contribution is 2.34. The van der Waals surface area contributed by atoms with Crippen molar-refractivity contribution in [1.82, 2.24) is 25.1 Å². The third-order valence-corrected chi connectivity index (χ3v) is 7.05. The Labute approximate surface area is 205 Å². The number of likely N-dealkylation sites (N-methyl/N-ethyl adjacent to an activating group) is 1. The van der Waals surface area contributed by atoms with Crippen LogP contribution in [0, 0.1) is 6.92 Å². The summed E-state index contributed by atoms with van der Waals surface area (Å²) in [5, 5.41) is 7.73. The number of piperidine rings is 1. The summed E-state index contributed by atoms with van der Waals surface area (Å²) in [5.74, 6) is 3.07. The van der Waals surface area contributed by atoms with Crippen LogP contribution in [0.2, 0.25) is 0 Å². The van der Waals surface area contributed by atoms with E-state index < -0.39 is 0 Å². The Kier molecular flexibility index (Phi) is 6.00. The maximum atomic E-state index is 6.46. The van der Waals surface area contributed by atoms with Gasteiger partial charge >= 0.3 is 0 Å². The number of hydrogen-bond acceptors (Lipinski definition) is 7. The van der Waals surface area contributed by atoms with Gasteiger partial charge in [-0.1, -0.05) is 23.8 Å². The van der Waals surface area contributed by atoms with E-state index >= 15 is 0 Å². The van der Waals surface area contributed by atoms with Gasteiger partial charge < -0.3 is 19.0 Å². The number of benzene rings is 1. The first kappa shape index (κ1) is 22.2. The molecule has 4 aromatic rings. The van der Waals surface area contributed by atoms with Crippen molar-refractivity contribution in [2.24, 2.45) is 0 Å². The molecule has 5 heterocycles. The van der Waals surface area contributed by atoms with Crippen molar-refractivity contribution < 1.29 is 9.15 Å². The molecule has 0 spiro atoms. The third-order valence-electron chi connectivity index (χ3n) is 7.05. The molecule has 1 aromatic carbocycles. The van der Waals surface area contributed by atoms with E-state index in [2.05, 4.69) is 70.4 Å². The number of H-pyrrole nitrogens is 1. The Morgan fingerprint density at radius 1 is 1.09 bits per heavy atom. The van der Waals surface area contributed by atoms with E-state index in [1.165, 1.54) is 12.0 Å². The standard InChI is InChI=1S/C27H32N6O2/c1-18-5-3-6-19(13-18)22-14-21(30-31-22)15-25-28-23-16-24(20-7-4-8-32(2)17-20)35-26(23)27(29-25)33-9-11-34-12-10-33/h3,5-6,13-14,16,20H,4,7-12,15,17H2,1-2H3,(H,30,31). The minimum atomic E-state index is 0.397. The van der Waals surface area contributed by atoms with Gasteiger partial charge in [-0.15, -0.1) is 0 Å². The van der Waals surface area contributed by atoms with Crippen molar-refractivity contribution in [2.45, 2.75) is 32.1 Å². The fourth-order valence-electron chi connectivity index (χ4n) is 5.22. The van der Waals surface area contributed by atoms with Crippen molar-refractivity contribution in [3.63, 3.8) is 0 Å².